The van der Waals surface area contributed by atoms with E-state index < -0.39 is 5.97 Å². The number of methoxy groups -OCH3 is 2. The molecule has 0 aliphatic heterocycles. The molecule has 0 bridgehead atoms. The largest absolute Gasteiger partial charge is 0.497 e. The van der Waals surface area contributed by atoms with Gasteiger partial charge < -0.3 is 19.3 Å². The molecule has 5 heteroatoms. The van der Waals surface area contributed by atoms with Gasteiger partial charge in [0.2, 0.25) is 0 Å². The fourth-order valence-corrected chi connectivity index (χ4v) is 1.80. The van der Waals surface area contributed by atoms with E-state index in [0.29, 0.717) is 18.1 Å². The molecule has 0 spiro atoms. The Hall–Kier alpha value is -2.69. The van der Waals surface area contributed by atoms with Gasteiger partial charge in [-0.1, -0.05) is 12.1 Å². The van der Waals surface area contributed by atoms with Crippen molar-refractivity contribution < 1.29 is 24.1 Å². The van der Waals surface area contributed by atoms with Crippen molar-refractivity contribution in [1.82, 2.24) is 0 Å². The van der Waals surface area contributed by atoms with Gasteiger partial charge in [0, 0.05) is 0 Å². The van der Waals surface area contributed by atoms with Crippen LogP contribution in [-0.4, -0.2) is 25.3 Å². The van der Waals surface area contributed by atoms with E-state index in [4.69, 9.17) is 19.3 Å². The fraction of sp³-hybridized carbons (Fsp3) is 0.188. The zero-order valence-corrected chi connectivity index (χ0v) is 11.8. The Bertz CT molecular complexity index is 619. The first-order valence-corrected chi connectivity index (χ1v) is 6.31. The highest BCUT2D eigenvalue weighted by atomic mass is 16.5. The van der Waals surface area contributed by atoms with Gasteiger partial charge in [-0.15, -0.1) is 0 Å². The minimum Gasteiger partial charge on any atom is -0.497 e. The monoisotopic (exact) mass is 288 g/mol. The Balaban J connectivity index is 2.09. The maximum Gasteiger partial charge on any atom is 0.335 e. The second-order valence-corrected chi connectivity index (χ2v) is 4.31. The van der Waals surface area contributed by atoms with Crippen molar-refractivity contribution in [2.45, 2.75) is 6.61 Å². The Morgan fingerprint density at radius 2 is 1.71 bits per heavy atom. The lowest BCUT2D eigenvalue weighted by Crippen LogP contribution is -2.01. The van der Waals surface area contributed by atoms with Gasteiger partial charge in [0.15, 0.2) is 11.5 Å². The summed E-state index contributed by atoms with van der Waals surface area (Å²) in [6.45, 7) is 0.354. The van der Waals surface area contributed by atoms with Crippen molar-refractivity contribution in [2.24, 2.45) is 0 Å². The number of carbonyl (C=O) groups is 1. The van der Waals surface area contributed by atoms with Gasteiger partial charge in [-0.05, 0) is 35.9 Å². The molecule has 1 N–H and O–H groups in total. The molecule has 0 unspecified atom stereocenters. The second-order valence-electron chi connectivity index (χ2n) is 4.31. The number of rotatable bonds is 6. The third-order valence-electron chi connectivity index (χ3n) is 2.96. The molecule has 0 saturated heterocycles. The third kappa shape index (κ3) is 3.66. The molecule has 110 valence electrons. The Labute approximate surface area is 122 Å². The summed E-state index contributed by atoms with van der Waals surface area (Å²) in [6.07, 6.45) is 0. The molecule has 0 aliphatic carbocycles. The molecule has 2 rings (SSSR count). The van der Waals surface area contributed by atoms with E-state index in [9.17, 15) is 4.79 Å². The topological polar surface area (TPSA) is 65.0 Å². The first-order valence-electron chi connectivity index (χ1n) is 6.31. The van der Waals surface area contributed by atoms with Gasteiger partial charge >= 0.3 is 5.97 Å². The molecular weight excluding hydrogens is 272 g/mol. The van der Waals surface area contributed by atoms with Crippen LogP contribution in [0.25, 0.3) is 0 Å². The number of carboxylic acids is 1. The molecular formula is C16H16O5. The van der Waals surface area contributed by atoms with Crippen molar-refractivity contribution in [3.63, 3.8) is 0 Å². The molecule has 0 aliphatic rings. The highest BCUT2D eigenvalue weighted by Gasteiger charge is 2.10. The van der Waals surface area contributed by atoms with Crippen LogP contribution in [0.1, 0.15) is 15.9 Å². The fourth-order valence-electron chi connectivity index (χ4n) is 1.80. The number of carboxylic acid groups (broad SMARTS) is 1. The van der Waals surface area contributed by atoms with Crippen LogP contribution in [0.2, 0.25) is 0 Å². The smallest absolute Gasteiger partial charge is 0.335 e. The first kappa shape index (κ1) is 14.7. The number of aromatic carboxylic acids is 1. The van der Waals surface area contributed by atoms with Crippen LogP contribution in [0.3, 0.4) is 0 Å². The lowest BCUT2D eigenvalue weighted by molar-refractivity contribution is 0.0696. The summed E-state index contributed by atoms with van der Waals surface area (Å²) in [6, 6.07) is 12.0. The van der Waals surface area contributed by atoms with Gasteiger partial charge in [-0.3, -0.25) is 0 Å². The predicted octanol–water partition coefficient (Wildman–Crippen LogP) is 2.98. The zero-order chi connectivity index (χ0) is 15.2. The van der Waals surface area contributed by atoms with Crippen molar-refractivity contribution in [3.05, 3.63) is 53.6 Å². The highest BCUT2D eigenvalue weighted by molar-refractivity contribution is 5.88. The van der Waals surface area contributed by atoms with Gasteiger partial charge in [-0.2, -0.15) is 0 Å². The van der Waals surface area contributed by atoms with E-state index in [0.717, 1.165) is 11.3 Å². The van der Waals surface area contributed by atoms with E-state index in [1.165, 1.54) is 19.2 Å². The maximum absolute atomic E-state index is 10.9. The van der Waals surface area contributed by atoms with Crippen LogP contribution in [0.4, 0.5) is 0 Å². The minimum atomic E-state index is -1.00. The summed E-state index contributed by atoms with van der Waals surface area (Å²) in [4.78, 5) is 10.9. The lowest BCUT2D eigenvalue weighted by atomic mass is 10.2. The number of ether oxygens (including phenoxy) is 3. The van der Waals surface area contributed by atoms with Crippen LogP contribution >= 0.6 is 0 Å². The molecule has 21 heavy (non-hydrogen) atoms. The van der Waals surface area contributed by atoms with Crippen LogP contribution in [0, 0.1) is 0 Å². The van der Waals surface area contributed by atoms with Gasteiger partial charge in [-0.25, -0.2) is 4.79 Å². The first-order chi connectivity index (χ1) is 10.1. The van der Waals surface area contributed by atoms with Gasteiger partial charge in [0.1, 0.15) is 12.4 Å². The normalized spacial score (nSPS) is 10.0. The van der Waals surface area contributed by atoms with Crippen LogP contribution in [0.5, 0.6) is 17.2 Å². The standard InChI is InChI=1S/C16H16O5/c1-19-13-6-3-11(4-7-13)10-21-14-8-5-12(16(17)18)9-15(14)20-2/h3-9H,10H2,1-2H3,(H,17,18). The van der Waals surface area contributed by atoms with Crippen LogP contribution in [0.15, 0.2) is 42.5 Å². The molecule has 0 aromatic heterocycles. The number of hydrogen-bond acceptors (Lipinski definition) is 4. The summed E-state index contributed by atoms with van der Waals surface area (Å²) in [5, 5.41) is 8.94. The quantitative estimate of drug-likeness (QED) is 0.885. The van der Waals surface area contributed by atoms with Crippen LogP contribution < -0.4 is 14.2 Å². The lowest BCUT2D eigenvalue weighted by Gasteiger charge is -2.11. The van der Waals surface area contributed by atoms with Crippen molar-refractivity contribution in [2.75, 3.05) is 14.2 Å². The van der Waals surface area contributed by atoms with E-state index in [1.54, 1.807) is 13.2 Å². The summed E-state index contributed by atoms with van der Waals surface area (Å²) < 4.78 is 15.9. The molecule has 2 aromatic carbocycles. The van der Waals surface area contributed by atoms with Crippen molar-refractivity contribution >= 4 is 5.97 Å². The molecule has 0 fully saturated rings. The average molecular weight is 288 g/mol. The Kier molecular flexibility index (Phi) is 4.66. The highest BCUT2D eigenvalue weighted by Crippen LogP contribution is 2.29. The van der Waals surface area contributed by atoms with Gasteiger partial charge in [0.25, 0.3) is 0 Å². The van der Waals surface area contributed by atoms with E-state index >= 15 is 0 Å². The Morgan fingerprint density at radius 1 is 1.00 bits per heavy atom. The van der Waals surface area contributed by atoms with Crippen molar-refractivity contribution in [3.8, 4) is 17.2 Å². The van der Waals surface area contributed by atoms with E-state index in [2.05, 4.69) is 0 Å². The third-order valence-corrected chi connectivity index (χ3v) is 2.96. The number of benzene rings is 2. The van der Waals surface area contributed by atoms with Gasteiger partial charge in [0.05, 0.1) is 19.8 Å². The molecule has 0 amide bonds. The Morgan fingerprint density at radius 3 is 2.29 bits per heavy atom. The average Bonchev–Trinajstić information content (AvgIpc) is 2.53. The molecule has 0 heterocycles. The zero-order valence-electron chi connectivity index (χ0n) is 11.8. The summed E-state index contributed by atoms with van der Waals surface area (Å²) >= 11 is 0. The van der Waals surface area contributed by atoms with E-state index in [1.807, 2.05) is 24.3 Å². The molecule has 0 saturated carbocycles. The number of hydrogen-bond donors (Lipinski definition) is 1. The summed E-state index contributed by atoms with van der Waals surface area (Å²) in [5.41, 5.74) is 1.13. The predicted molar refractivity (Wildman–Crippen MR) is 77.3 cm³/mol. The summed E-state index contributed by atoms with van der Waals surface area (Å²) in [7, 11) is 3.08. The molecule has 5 nitrogen and oxygen atoms in total. The molecule has 0 atom stereocenters. The molecule has 0 radical (unpaired) electrons. The SMILES string of the molecule is COc1ccc(COc2ccc(C(=O)O)cc2OC)cc1. The summed E-state index contributed by atoms with van der Waals surface area (Å²) in [5.74, 6) is 0.666. The van der Waals surface area contributed by atoms with Crippen LogP contribution in [-0.2, 0) is 6.61 Å². The maximum atomic E-state index is 10.9. The second kappa shape index (κ2) is 6.65. The van der Waals surface area contributed by atoms with E-state index in [-0.39, 0.29) is 5.56 Å². The molecule has 2 aromatic rings. The van der Waals surface area contributed by atoms with Crippen molar-refractivity contribution in [1.29, 1.82) is 0 Å². The minimum absolute atomic E-state index is 0.156.